The average Bonchev–Trinajstić information content (AvgIpc) is 2.80. The number of hydrazone groups is 1. The fourth-order valence-electron chi connectivity index (χ4n) is 2.10. The van der Waals surface area contributed by atoms with Crippen LogP contribution in [0.1, 0.15) is 12.0 Å². The summed E-state index contributed by atoms with van der Waals surface area (Å²) in [6, 6.07) is 10.7. The van der Waals surface area contributed by atoms with Crippen molar-refractivity contribution in [3.63, 3.8) is 0 Å². The zero-order chi connectivity index (χ0) is 15.0. The molecule has 0 bridgehead atoms. The lowest BCUT2D eigenvalue weighted by Crippen LogP contribution is -2.19. The zero-order valence-electron chi connectivity index (χ0n) is 10.7. The van der Waals surface area contributed by atoms with Crippen molar-refractivity contribution in [3.8, 4) is 0 Å². The molecule has 1 aliphatic heterocycles. The van der Waals surface area contributed by atoms with Gasteiger partial charge in [0.25, 0.3) is 5.91 Å². The fourth-order valence-corrected chi connectivity index (χ4v) is 2.61. The van der Waals surface area contributed by atoms with Gasteiger partial charge in [0.05, 0.1) is 17.8 Å². The van der Waals surface area contributed by atoms with E-state index >= 15 is 0 Å². The third-order valence-corrected chi connectivity index (χ3v) is 3.48. The summed E-state index contributed by atoms with van der Waals surface area (Å²) in [7, 11) is 0. The van der Waals surface area contributed by atoms with Crippen molar-refractivity contribution in [2.75, 3.05) is 5.01 Å². The Morgan fingerprint density at radius 3 is 2.29 bits per heavy atom. The molecule has 0 unspecified atom stereocenters. The Hall–Kier alpha value is -1.91. The van der Waals surface area contributed by atoms with E-state index in [4.69, 9.17) is 23.2 Å². The smallest absolute Gasteiger partial charge is 0.253 e. The van der Waals surface area contributed by atoms with E-state index in [2.05, 4.69) is 5.10 Å². The van der Waals surface area contributed by atoms with Crippen molar-refractivity contribution in [3.05, 3.63) is 63.9 Å². The molecule has 0 fully saturated rings. The molecule has 0 atom stereocenters. The van der Waals surface area contributed by atoms with Gasteiger partial charge in [-0.15, -0.1) is 0 Å². The van der Waals surface area contributed by atoms with Crippen LogP contribution in [0.15, 0.2) is 47.6 Å². The number of hydrogen-bond donors (Lipinski definition) is 0. The first kappa shape index (κ1) is 14.0. The number of anilines is 1. The Kier molecular flexibility index (Phi) is 3.66. The molecule has 0 radical (unpaired) electrons. The third kappa shape index (κ3) is 2.91. The second-order valence-electron chi connectivity index (χ2n) is 4.56. The van der Waals surface area contributed by atoms with E-state index < -0.39 is 0 Å². The van der Waals surface area contributed by atoms with Crippen molar-refractivity contribution in [2.45, 2.75) is 6.42 Å². The number of amides is 1. The number of hydrogen-bond acceptors (Lipinski definition) is 2. The van der Waals surface area contributed by atoms with Crippen molar-refractivity contribution in [1.82, 2.24) is 0 Å². The largest absolute Gasteiger partial charge is 0.272 e. The average molecular weight is 323 g/mol. The van der Waals surface area contributed by atoms with Crippen LogP contribution < -0.4 is 5.01 Å². The van der Waals surface area contributed by atoms with Gasteiger partial charge in [-0.05, 0) is 35.9 Å². The lowest BCUT2D eigenvalue weighted by atomic mass is 10.1. The molecule has 0 aromatic heterocycles. The lowest BCUT2D eigenvalue weighted by Gasteiger charge is -2.12. The van der Waals surface area contributed by atoms with Crippen LogP contribution in [0.25, 0.3) is 0 Å². The van der Waals surface area contributed by atoms with E-state index in [0.717, 1.165) is 0 Å². The predicted molar refractivity (Wildman–Crippen MR) is 81.5 cm³/mol. The van der Waals surface area contributed by atoms with Crippen molar-refractivity contribution in [1.29, 1.82) is 0 Å². The summed E-state index contributed by atoms with van der Waals surface area (Å²) < 4.78 is 12.9. The van der Waals surface area contributed by atoms with Crippen LogP contribution in [0.3, 0.4) is 0 Å². The second-order valence-corrected chi connectivity index (χ2v) is 5.44. The van der Waals surface area contributed by atoms with Crippen LogP contribution in [-0.2, 0) is 4.79 Å². The highest BCUT2D eigenvalue weighted by molar-refractivity contribution is 6.35. The molecule has 0 spiro atoms. The standard InChI is InChI=1S/C15H9Cl2FN2O/c16-10-5-11(17)7-13(6-10)20-15(21)8-14(19-20)9-1-3-12(18)4-2-9/h1-7H,8H2. The van der Waals surface area contributed by atoms with E-state index in [0.29, 0.717) is 27.0 Å². The van der Waals surface area contributed by atoms with E-state index in [1.165, 1.54) is 17.1 Å². The summed E-state index contributed by atoms with van der Waals surface area (Å²) in [5, 5.41) is 6.40. The molecule has 2 aromatic carbocycles. The molecule has 3 nitrogen and oxygen atoms in total. The molecule has 0 aliphatic carbocycles. The van der Waals surface area contributed by atoms with Gasteiger partial charge < -0.3 is 0 Å². The second kappa shape index (κ2) is 5.47. The van der Waals surface area contributed by atoms with Gasteiger partial charge in [-0.2, -0.15) is 5.10 Å². The van der Waals surface area contributed by atoms with Gasteiger partial charge >= 0.3 is 0 Å². The van der Waals surface area contributed by atoms with Crippen molar-refractivity contribution >= 4 is 40.5 Å². The van der Waals surface area contributed by atoms with Crippen LogP contribution in [0, 0.1) is 5.82 Å². The number of nitrogens with zero attached hydrogens (tertiary/aromatic N) is 2. The maximum absolute atomic E-state index is 12.9. The highest BCUT2D eigenvalue weighted by Crippen LogP contribution is 2.29. The van der Waals surface area contributed by atoms with E-state index in [1.807, 2.05) is 0 Å². The Labute approximate surface area is 130 Å². The SMILES string of the molecule is O=C1CC(c2ccc(F)cc2)=NN1c1cc(Cl)cc(Cl)c1. The molecule has 0 saturated carbocycles. The summed E-state index contributed by atoms with van der Waals surface area (Å²) >= 11 is 11.9. The molecule has 1 amide bonds. The molecule has 1 heterocycles. The quantitative estimate of drug-likeness (QED) is 0.812. The van der Waals surface area contributed by atoms with Gasteiger partial charge in [-0.1, -0.05) is 35.3 Å². The molecule has 2 aromatic rings. The molecule has 0 N–H and O–H groups in total. The van der Waals surface area contributed by atoms with Gasteiger partial charge in [0.1, 0.15) is 5.82 Å². The van der Waals surface area contributed by atoms with Gasteiger partial charge in [-0.3, -0.25) is 4.79 Å². The topological polar surface area (TPSA) is 32.7 Å². The van der Waals surface area contributed by atoms with E-state index in [-0.39, 0.29) is 18.1 Å². The van der Waals surface area contributed by atoms with Crippen LogP contribution >= 0.6 is 23.2 Å². The van der Waals surface area contributed by atoms with Crippen molar-refractivity contribution in [2.24, 2.45) is 5.10 Å². The van der Waals surface area contributed by atoms with Gasteiger partial charge in [0, 0.05) is 10.0 Å². The first-order valence-electron chi connectivity index (χ1n) is 6.15. The normalized spacial score (nSPS) is 14.5. The van der Waals surface area contributed by atoms with Crippen LogP contribution in [0.5, 0.6) is 0 Å². The first-order valence-corrected chi connectivity index (χ1v) is 6.91. The third-order valence-electron chi connectivity index (χ3n) is 3.04. The summed E-state index contributed by atoms with van der Waals surface area (Å²) in [5.74, 6) is -0.519. The molecule has 3 rings (SSSR count). The molecular formula is C15H9Cl2FN2O. The maximum Gasteiger partial charge on any atom is 0.253 e. The monoisotopic (exact) mass is 322 g/mol. The van der Waals surface area contributed by atoms with Crippen molar-refractivity contribution < 1.29 is 9.18 Å². The Morgan fingerprint density at radius 1 is 1.05 bits per heavy atom. The molecule has 6 heteroatoms. The Bertz CT molecular complexity index is 724. The number of rotatable bonds is 2. The summed E-state index contributed by atoms with van der Waals surface area (Å²) in [4.78, 5) is 12.1. The molecule has 0 saturated heterocycles. The Morgan fingerprint density at radius 2 is 1.67 bits per heavy atom. The van der Waals surface area contributed by atoms with Gasteiger partial charge in [0.15, 0.2) is 0 Å². The minimum atomic E-state index is -0.331. The van der Waals surface area contributed by atoms with Crippen LogP contribution in [0.2, 0.25) is 10.0 Å². The highest BCUT2D eigenvalue weighted by Gasteiger charge is 2.26. The molecule has 106 valence electrons. The van der Waals surface area contributed by atoms with E-state index in [9.17, 15) is 9.18 Å². The van der Waals surface area contributed by atoms with E-state index in [1.54, 1.807) is 30.3 Å². The Balaban J connectivity index is 1.96. The molecule has 1 aliphatic rings. The molecular weight excluding hydrogens is 314 g/mol. The fraction of sp³-hybridized carbons (Fsp3) is 0.0667. The first-order chi connectivity index (χ1) is 10.0. The summed E-state index contributed by atoms with van der Waals surface area (Å²) in [6.07, 6.45) is 0.149. The summed E-state index contributed by atoms with van der Waals surface area (Å²) in [5.41, 5.74) is 1.80. The number of halogens is 3. The van der Waals surface area contributed by atoms with Gasteiger partial charge in [-0.25, -0.2) is 9.40 Å². The van der Waals surface area contributed by atoms with Crippen LogP contribution in [0.4, 0.5) is 10.1 Å². The lowest BCUT2D eigenvalue weighted by molar-refractivity contribution is -0.116. The molecule has 21 heavy (non-hydrogen) atoms. The number of benzene rings is 2. The van der Waals surface area contributed by atoms with Gasteiger partial charge in [0.2, 0.25) is 0 Å². The minimum Gasteiger partial charge on any atom is -0.272 e. The highest BCUT2D eigenvalue weighted by atomic mass is 35.5. The number of carbonyl (C=O) groups excluding carboxylic acids is 1. The predicted octanol–water partition coefficient (Wildman–Crippen LogP) is 4.27. The van der Waals surface area contributed by atoms with Crippen LogP contribution in [-0.4, -0.2) is 11.6 Å². The zero-order valence-corrected chi connectivity index (χ0v) is 12.2. The maximum atomic E-state index is 12.9. The summed E-state index contributed by atoms with van der Waals surface area (Å²) in [6.45, 7) is 0. The number of carbonyl (C=O) groups is 1. The minimum absolute atomic E-state index is 0.149.